The SMILES string of the molecule is CCCC(=O)N(c1ccc(F)c(Br)c1)C(CC)CC. The second-order valence-electron chi connectivity index (χ2n) is 4.58. The highest BCUT2D eigenvalue weighted by molar-refractivity contribution is 9.10. The molecule has 0 atom stereocenters. The van der Waals surface area contributed by atoms with Crippen LogP contribution in [0.3, 0.4) is 0 Å². The summed E-state index contributed by atoms with van der Waals surface area (Å²) < 4.78 is 13.7. The summed E-state index contributed by atoms with van der Waals surface area (Å²) in [5.74, 6) is -0.203. The van der Waals surface area contributed by atoms with Crippen LogP contribution in [0.1, 0.15) is 46.5 Å². The average Bonchev–Trinajstić information content (AvgIpc) is 2.39. The molecule has 0 N–H and O–H groups in total. The summed E-state index contributed by atoms with van der Waals surface area (Å²) in [4.78, 5) is 14.1. The highest BCUT2D eigenvalue weighted by Gasteiger charge is 2.22. The lowest BCUT2D eigenvalue weighted by atomic mass is 10.1. The van der Waals surface area contributed by atoms with Crippen LogP contribution >= 0.6 is 15.9 Å². The fourth-order valence-corrected chi connectivity index (χ4v) is 2.55. The van der Waals surface area contributed by atoms with Crippen molar-refractivity contribution in [1.29, 1.82) is 0 Å². The standard InChI is InChI=1S/C15H21BrFNO/c1-4-7-15(19)18(11(5-2)6-3)12-8-9-14(17)13(16)10-12/h8-11H,4-7H2,1-3H3. The van der Waals surface area contributed by atoms with Gasteiger partial charge in [0.15, 0.2) is 0 Å². The van der Waals surface area contributed by atoms with Crippen molar-refractivity contribution in [3.63, 3.8) is 0 Å². The molecule has 0 spiro atoms. The molecule has 0 bridgehead atoms. The molecule has 1 amide bonds. The van der Waals surface area contributed by atoms with Crippen LogP contribution < -0.4 is 4.90 Å². The molecule has 1 rings (SSSR count). The summed E-state index contributed by atoms with van der Waals surface area (Å²) >= 11 is 3.18. The van der Waals surface area contributed by atoms with E-state index in [1.54, 1.807) is 12.1 Å². The minimum Gasteiger partial charge on any atom is -0.309 e. The summed E-state index contributed by atoms with van der Waals surface area (Å²) in [6.07, 6.45) is 3.12. The molecule has 0 aliphatic carbocycles. The fraction of sp³-hybridized carbons (Fsp3) is 0.533. The fourth-order valence-electron chi connectivity index (χ4n) is 2.18. The van der Waals surface area contributed by atoms with Crippen molar-refractivity contribution in [3.05, 3.63) is 28.5 Å². The highest BCUT2D eigenvalue weighted by Crippen LogP contribution is 2.27. The summed E-state index contributed by atoms with van der Waals surface area (Å²) in [6, 6.07) is 4.91. The van der Waals surface area contributed by atoms with E-state index < -0.39 is 0 Å². The summed E-state index contributed by atoms with van der Waals surface area (Å²) in [5.41, 5.74) is 0.764. The summed E-state index contributed by atoms with van der Waals surface area (Å²) in [7, 11) is 0. The van der Waals surface area contributed by atoms with Gasteiger partial charge in [-0.2, -0.15) is 0 Å². The second-order valence-corrected chi connectivity index (χ2v) is 5.44. The highest BCUT2D eigenvalue weighted by atomic mass is 79.9. The maximum absolute atomic E-state index is 13.3. The first-order valence-corrected chi connectivity index (χ1v) is 7.61. The first-order chi connectivity index (χ1) is 9.04. The van der Waals surface area contributed by atoms with Gasteiger partial charge in [0, 0.05) is 18.2 Å². The van der Waals surface area contributed by atoms with Crippen molar-refractivity contribution in [3.8, 4) is 0 Å². The van der Waals surface area contributed by atoms with E-state index in [1.165, 1.54) is 6.07 Å². The molecule has 0 aliphatic heterocycles. The zero-order valence-corrected chi connectivity index (χ0v) is 13.3. The largest absolute Gasteiger partial charge is 0.309 e. The predicted molar refractivity (Wildman–Crippen MR) is 80.9 cm³/mol. The topological polar surface area (TPSA) is 20.3 Å². The Morgan fingerprint density at radius 3 is 2.42 bits per heavy atom. The third-order valence-corrected chi connectivity index (χ3v) is 3.83. The molecule has 0 aliphatic rings. The predicted octanol–water partition coefficient (Wildman–Crippen LogP) is 4.91. The van der Waals surface area contributed by atoms with Crippen molar-refractivity contribution in [1.82, 2.24) is 0 Å². The van der Waals surface area contributed by atoms with Crippen LogP contribution in [0.4, 0.5) is 10.1 Å². The number of amides is 1. The second kappa shape index (κ2) is 7.63. The Morgan fingerprint density at radius 1 is 1.32 bits per heavy atom. The normalized spacial score (nSPS) is 10.8. The zero-order valence-electron chi connectivity index (χ0n) is 11.7. The third-order valence-electron chi connectivity index (χ3n) is 3.22. The van der Waals surface area contributed by atoms with E-state index in [0.29, 0.717) is 10.9 Å². The van der Waals surface area contributed by atoms with Crippen molar-refractivity contribution >= 4 is 27.5 Å². The molecule has 19 heavy (non-hydrogen) atoms. The maximum atomic E-state index is 13.3. The summed E-state index contributed by atoms with van der Waals surface area (Å²) in [5, 5.41) is 0. The Labute approximate surface area is 123 Å². The van der Waals surface area contributed by atoms with Crippen molar-refractivity contribution in [2.24, 2.45) is 0 Å². The van der Waals surface area contributed by atoms with Gasteiger partial charge in [-0.1, -0.05) is 20.8 Å². The first-order valence-electron chi connectivity index (χ1n) is 6.82. The van der Waals surface area contributed by atoms with Crippen molar-refractivity contribution in [2.75, 3.05) is 4.90 Å². The van der Waals surface area contributed by atoms with Gasteiger partial charge in [-0.15, -0.1) is 0 Å². The number of hydrogen-bond donors (Lipinski definition) is 0. The molecule has 4 heteroatoms. The number of hydrogen-bond acceptors (Lipinski definition) is 1. The van der Waals surface area contributed by atoms with Gasteiger partial charge in [-0.3, -0.25) is 4.79 Å². The number of halogens is 2. The Hall–Kier alpha value is -0.900. The van der Waals surface area contributed by atoms with Gasteiger partial charge in [0.2, 0.25) is 5.91 Å². The molecule has 0 radical (unpaired) electrons. The van der Waals surface area contributed by atoms with E-state index in [9.17, 15) is 9.18 Å². The van der Waals surface area contributed by atoms with Crippen LogP contribution in [0.2, 0.25) is 0 Å². The molecule has 0 unspecified atom stereocenters. The van der Waals surface area contributed by atoms with E-state index in [0.717, 1.165) is 24.9 Å². The molecule has 0 heterocycles. The lowest BCUT2D eigenvalue weighted by Gasteiger charge is -2.31. The van der Waals surface area contributed by atoms with Crippen LogP contribution in [0.25, 0.3) is 0 Å². The number of benzene rings is 1. The number of carbonyl (C=O) groups is 1. The minimum atomic E-state index is -0.309. The Balaban J connectivity index is 3.14. The molecule has 0 aromatic heterocycles. The van der Waals surface area contributed by atoms with Gasteiger partial charge < -0.3 is 4.90 Å². The van der Waals surface area contributed by atoms with Gasteiger partial charge in [0.05, 0.1) is 4.47 Å². The lowest BCUT2D eigenvalue weighted by molar-refractivity contribution is -0.119. The van der Waals surface area contributed by atoms with Gasteiger partial charge >= 0.3 is 0 Å². The molecular formula is C15H21BrFNO. The molecule has 106 valence electrons. The van der Waals surface area contributed by atoms with Crippen LogP contribution in [-0.4, -0.2) is 11.9 Å². The van der Waals surface area contributed by atoms with Gasteiger partial charge in [-0.25, -0.2) is 4.39 Å². The van der Waals surface area contributed by atoms with E-state index in [1.807, 2.05) is 11.8 Å². The molecule has 1 aromatic rings. The summed E-state index contributed by atoms with van der Waals surface area (Å²) in [6.45, 7) is 6.13. The third kappa shape index (κ3) is 4.03. The van der Waals surface area contributed by atoms with E-state index >= 15 is 0 Å². The Bertz CT molecular complexity index is 432. The molecule has 0 saturated carbocycles. The van der Waals surface area contributed by atoms with E-state index in [-0.39, 0.29) is 17.8 Å². The number of anilines is 1. The van der Waals surface area contributed by atoms with Crippen LogP contribution in [0, 0.1) is 5.82 Å². The number of nitrogens with zero attached hydrogens (tertiary/aromatic N) is 1. The molecule has 0 fully saturated rings. The lowest BCUT2D eigenvalue weighted by Crippen LogP contribution is -2.39. The van der Waals surface area contributed by atoms with Crippen molar-refractivity contribution < 1.29 is 9.18 Å². The number of rotatable bonds is 6. The van der Waals surface area contributed by atoms with E-state index in [4.69, 9.17) is 0 Å². The smallest absolute Gasteiger partial charge is 0.227 e. The van der Waals surface area contributed by atoms with Crippen molar-refractivity contribution in [2.45, 2.75) is 52.5 Å². The van der Waals surface area contributed by atoms with Gasteiger partial charge in [0.1, 0.15) is 5.82 Å². The van der Waals surface area contributed by atoms with Crippen LogP contribution in [0.5, 0.6) is 0 Å². The Kier molecular flexibility index (Phi) is 6.49. The quantitative estimate of drug-likeness (QED) is 0.726. The molecular weight excluding hydrogens is 309 g/mol. The maximum Gasteiger partial charge on any atom is 0.227 e. The van der Waals surface area contributed by atoms with Crippen LogP contribution in [-0.2, 0) is 4.79 Å². The minimum absolute atomic E-state index is 0.106. The van der Waals surface area contributed by atoms with E-state index in [2.05, 4.69) is 29.8 Å². The first kappa shape index (κ1) is 16.2. The van der Waals surface area contributed by atoms with Gasteiger partial charge in [-0.05, 0) is 53.4 Å². The molecule has 1 aromatic carbocycles. The van der Waals surface area contributed by atoms with Crippen LogP contribution in [0.15, 0.2) is 22.7 Å². The average molecular weight is 330 g/mol. The molecule has 2 nitrogen and oxygen atoms in total. The molecule has 0 saturated heterocycles. The van der Waals surface area contributed by atoms with Gasteiger partial charge in [0.25, 0.3) is 0 Å². The Morgan fingerprint density at radius 2 is 1.95 bits per heavy atom. The number of carbonyl (C=O) groups excluding carboxylic acids is 1. The monoisotopic (exact) mass is 329 g/mol. The zero-order chi connectivity index (χ0) is 14.4.